The fourth-order valence-corrected chi connectivity index (χ4v) is 2.15. The van der Waals surface area contributed by atoms with Crippen LogP contribution in [0.3, 0.4) is 0 Å². The molecule has 1 heterocycles. The molecule has 0 bridgehead atoms. The van der Waals surface area contributed by atoms with Crippen molar-refractivity contribution in [3.05, 3.63) is 66.0 Å². The Labute approximate surface area is 136 Å². The zero-order valence-electron chi connectivity index (χ0n) is 13.2. The molecule has 120 valence electrons. The maximum Gasteiger partial charge on any atom is 0.220 e. The van der Waals surface area contributed by atoms with Gasteiger partial charge in [0.2, 0.25) is 11.8 Å². The summed E-state index contributed by atoms with van der Waals surface area (Å²) in [6.45, 7) is 2.30. The molecule has 0 aliphatic rings. The van der Waals surface area contributed by atoms with Crippen molar-refractivity contribution >= 4 is 11.8 Å². The topological polar surface area (TPSA) is 71.1 Å². The van der Waals surface area contributed by atoms with Gasteiger partial charge in [-0.25, -0.2) is 0 Å². The standard InChI is InChI=1S/C18H21N3O2/c1-14(15-7-3-2-4-8-15)21-18(23)11-10-17(22)20-13-16-9-5-6-12-19-16/h2-9,12,14H,10-11,13H2,1H3,(H,20,22)(H,21,23)/t14-/m0/s1. The molecule has 2 rings (SSSR count). The molecule has 0 saturated heterocycles. The number of hydrogen-bond acceptors (Lipinski definition) is 3. The first-order chi connectivity index (χ1) is 11.1. The fraction of sp³-hybridized carbons (Fsp3) is 0.278. The third-order valence-corrected chi connectivity index (χ3v) is 3.45. The summed E-state index contributed by atoms with van der Waals surface area (Å²) in [6, 6.07) is 15.2. The Balaban J connectivity index is 1.68. The minimum atomic E-state index is -0.154. The second kappa shape index (κ2) is 8.68. The van der Waals surface area contributed by atoms with Crippen molar-refractivity contribution in [1.29, 1.82) is 0 Å². The van der Waals surface area contributed by atoms with Gasteiger partial charge in [-0.15, -0.1) is 0 Å². The van der Waals surface area contributed by atoms with E-state index in [0.717, 1.165) is 11.3 Å². The van der Waals surface area contributed by atoms with Crippen LogP contribution in [0.25, 0.3) is 0 Å². The number of benzene rings is 1. The molecule has 1 aromatic heterocycles. The van der Waals surface area contributed by atoms with Gasteiger partial charge < -0.3 is 10.6 Å². The van der Waals surface area contributed by atoms with Crippen LogP contribution in [0.4, 0.5) is 0 Å². The summed E-state index contributed by atoms with van der Waals surface area (Å²) < 4.78 is 0. The summed E-state index contributed by atoms with van der Waals surface area (Å²) in [5.41, 5.74) is 1.84. The van der Waals surface area contributed by atoms with E-state index in [1.54, 1.807) is 6.20 Å². The normalized spacial score (nSPS) is 11.5. The molecule has 5 heteroatoms. The minimum Gasteiger partial charge on any atom is -0.350 e. The first-order valence-corrected chi connectivity index (χ1v) is 7.66. The number of carbonyl (C=O) groups excluding carboxylic acids is 2. The number of rotatable bonds is 7. The lowest BCUT2D eigenvalue weighted by Gasteiger charge is -2.14. The third-order valence-electron chi connectivity index (χ3n) is 3.45. The zero-order valence-corrected chi connectivity index (χ0v) is 13.2. The van der Waals surface area contributed by atoms with Crippen LogP contribution >= 0.6 is 0 Å². The maximum atomic E-state index is 11.9. The van der Waals surface area contributed by atoms with Gasteiger partial charge in [-0.1, -0.05) is 36.4 Å². The van der Waals surface area contributed by atoms with Crippen LogP contribution < -0.4 is 10.6 Å². The van der Waals surface area contributed by atoms with Gasteiger partial charge in [-0.2, -0.15) is 0 Å². The van der Waals surface area contributed by atoms with Crippen molar-refractivity contribution in [3.8, 4) is 0 Å². The number of carbonyl (C=O) groups is 2. The minimum absolute atomic E-state index is 0.0692. The second-order valence-corrected chi connectivity index (χ2v) is 5.30. The molecule has 0 aliphatic carbocycles. The molecular formula is C18H21N3O2. The summed E-state index contributed by atoms with van der Waals surface area (Å²) >= 11 is 0. The smallest absolute Gasteiger partial charge is 0.220 e. The van der Waals surface area contributed by atoms with Crippen LogP contribution in [0.5, 0.6) is 0 Å². The monoisotopic (exact) mass is 311 g/mol. The van der Waals surface area contributed by atoms with Crippen LogP contribution in [-0.4, -0.2) is 16.8 Å². The number of nitrogens with one attached hydrogen (secondary N) is 2. The first kappa shape index (κ1) is 16.7. The van der Waals surface area contributed by atoms with E-state index in [4.69, 9.17) is 0 Å². The molecule has 0 fully saturated rings. The molecule has 1 aromatic carbocycles. The van der Waals surface area contributed by atoms with Gasteiger partial charge in [0, 0.05) is 19.0 Å². The van der Waals surface area contributed by atoms with E-state index in [9.17, 15) is 9.59 Å². The Morgan fingerprint density at radius 1 is 1.00 bits per heavy atom. The Morgan fingerprint density at radius 2 is 1.70 bits per heavy atom. The lowest BCUT2D eigenvalue weighted by molar-refractivity contribution is -0.126. The highest BCUT2D eigenvalue weighted by molar-refractivity contribution is 5.83. The Morgan fingerprint density at radius 3 is 2.39 bits per heavy atom. The van der Waals surface area contributed by atoms with Gasteiger partial charge >= 0.3 is 0 Å². The van der Waals surface area contributed by atoms with Crippen LogP contribution in [0.1, 0.15) is 37.1 Å². The van der Waals surface area contributed by atoms with Crippen molar-refractivity contribution in [2.75, 3.05) is 0 Å². The summed E-state index contributed by atoms with van der Waals surface area (Å²) in [5.74, 6) is -0.285. The number of hydrogen-bond donors (Lipinski definition) is 2. The largest absolute Gasteiger partial charge is 0.350 e. The van der Waals surface area contributed by atoms with Crippen LogP contribution in [0.15, 0.2) is 54.7 Å². The first-order valence-electron chi connectivity index (χ1n) is 7.66. The van der Waals surface area contributed by atoms with Crippen molar-refractivity contribution in [1.82, 2.24) is 15.6 Å². The third kappa shape index (κ3) is 5.90. The average molecular weight is 311 g/mol. The van der Waals surface area contributed by atoms with Crippen molar-refractivity contribution < 1.29 is 9.59 Å². The molecule has 0 aliphatic heterocycles. The number of amides is 2. The summed E-state index contributed by atoms with van der Waals surface area (Å²) in [6.07, 6.45) is 2.02. The van der Waals surface area contributed by atoms with Crippen molar-refractivity contribution in [2.24, 2.45) is 0 Å². The SMILES string of the molecule is C[C@H](NC(=O)CCC(=O)NCc1ccccn1)c1ccccc1. The predicted molar refractivity (Wildman–Crippen MR) is 88.3 cm³/mol. The van der Waals surface area contributed by atoms with Gasteiger partial charge in [0.15, 0.2) is 0 Å². The van der Waals surface area contributed by atoms with E-state index in [2.05, 4.69) is 15.6 Å². The van der Waals surface area contributed by atoms with Gasteiger partial charge in [0.25, 0.3) is 0 Å². The van der Waals surface area contributed by atoms with E-state index in [-0.39, 0.29) is 30.7 Å². The van der Waals surface area contributed by atoms with Crippen LogP contribution in [0, 0.1) is 0 Å². The molecule has 0 unspecified atom stereocenters. The lowest BCUT2D eigenvalue weighted by Crippen LogP contribution is -2.29. The Hall–Kier alpha value is -2.69. The highest BCUT2D eigenvalue weighted by Gasteiger charge is 2.11. The van der Waals surface area contributed by atoms with E-state index < -0.39 is 0 Å². The van der Waals surface area contributed by atoms with E-state index in [1.165, 1.54) is 0 Å². The summed E-state index contributed by atoms with van der Waals surface area (Å²) in [7, 11) is 0. The van der Waals surface area contributed by atoms with Gasteiger partial charge in [-0.05, 0) is 24.6 Å². The Bertz CT molecular complexity index is 629. The lowest BCUT2D eigenvalue weighted by atomic mass is 10.1. The molecule has 0 saturated carbocycles. The average Bonchev–Trinajstić information content (AvgIpc) is 2.60. The molecule has 1 atom stereocenters. The molecule has 2 N–H and O–H groups in total. The van der Waals surface area contributed by atoms with E-state index in [0.29, 0.717) is 6.54 Å². The van der Waals surface area contributed by atoms with Crippen molar-refractivity contribution in [2.45, 2.75) is 32.4 Å². The number of pyridine rings is 1. The van der Waals surface area contributed by atoms with Gasteiger partial charge in [0.1, 0.15) is 0 Å². The summed E-state index contributed by atoms with van der Waals surface area (Å²) in [4.78, 5) is 27.8. The highest BCUT2D eigenvalue weighted by atomic mass is 16.2. The number of aromatic nitrogens is 1. The Kier molecular flexibility index (Phi) is 6.29. The zero-order chi connectivity index (χ0) is 16.5. The molecule has 5 nitrogen and oxygen atoms in total. The van der Waals surface area contributed by atoms with Crippen LogP contribution in [0.2, 0.25) is 0 Å². The fourth-order valence-electron chi connectivity index (χ4n) is 2.15. The van der Waals surface area contributed by atoms with E-state index >= 15 is 0 Å². The second-order valence-electron chi connectivity index (χ2n) is 5.30. The van der Waals surface area contributed by atoms with Gasteiger partial charge in [0.05, 0.1) is 18.3 Å². The maximum absolute atomic E-state index is 11.9. The molecular weight excluding hydrogens is 290 g/mol. The predicted octanol–water partition coefficient (Wildman–Crippen LogP) is 2.36. The van der Waals surface area contributed by atoms with Crippen molar-refractivity contribution in [3.63, 3.8) is 0 Å². The molecule has 23 heavy (non-hydrogen) atoms. The highest BCUT2D eigenvalue weighted by Crippen LogP contribution is 2.11. The summed E-state index contributed by atoms with van der Waals surface area (Å²) in [5, 5.41) is 5.65. The quantitative estimate of drug-likeness (QED) is 0.824. The number of nitrogens with zero attached hydrogens (tertiary/aromatic N) is 1. The molecule has 2 amide bonds. The molecule has 0 radical (unpaired) electrons. The molecule has 0 spiro atoms. The molecule has 2 aromatic rings. The van der Waals surface area contributed by atoms with E-state index in [1.807, 2.05) is 55.5 Å². The van der Waals surface area contributed by atoms with Crippen LogP contribution in [-0.2, 0) is 16.1 Å². The van der Waals surface area contributed by atoms with Gasteiger partial charge in [-0.3, -0.25) is 14.6 Å².